The minimum Gasteiger partial charge on any atom is -0.454 e. The van der Waals surface area contributed by atoms with Crippen LogP contribution in [0.25, 0.3) is 0 Å². The molecule has 0 radical (unpaired) electrons. The first kappa shape index (κ1) is 18.1. The summed E-state index contributed by atoms with van der Waals surface area (Å²) >= 11 is 5.54. The number of nitrogens with zero attached hydrogens (tertiary/aromatic N) is 2. The van der Waals surface area contributed by atoms with E-state index in [1.54, 1.807) is 4.90 Å². The Morgan fingerprint density at radius 3 is 2.82 bits per heavy atom. The standard InChI is InChI=1S/C20H25N3O4S/c24-19-15-10-14(22-5-7-25-8-6-22)2-3-16(15)21-20(28)23(19)11-13-1-4-17-18(9-13)27-12-26-17/h1,4,9,14-16H,2-3,5-8,10-12H2,(H,21,28). The third-order valence-corrected chi connectivity index (χ3v) is 6.64. The highest BCUT2D eigenvalue weighted by Crippen LogP contribution is 2.35. The van der Waals surface area contributed by atoms with Crippen LogP contribution in [0.4, 0.5) is 0 Å². The molecule has 150 valence electrons. The summed E-state index contributed by atoms with van der Waals surface area (Å²) in [4.78, 5) is 17.5. The zero-order valence-electron chi connectivity index (χ0n) is 15.8. The van der Waals surface area contributed by atoms with Gasteiger partial charge in [0, 0.05) is 25.2 Å². The average molecular weight is 404 g/mol. The van der Waals surface area contributed by atoms with Crippen LogP contribution in [0.3, 0.4) is 0 Å². The second kappa shape index (κ2) is 7.50. The molecule has 5 rings (SSSR count). The van der Waals surface area contributed by atoms with Crippen molar-refractivity contribution >= 4 is 23.2 Å². The van der Waals surface area contributed by atoms with Gasteiger partial charge in [-0.2, -0.15) is 0 Å². The predicted molar refractivity (Wildman–Crippen MR) is 106 cm³/mol. The lowest BCUT2D eigenvalue weighted by molar-refractivity contribution is -0.136. The molecule has 1 aliphatic carbocycles. The Balaban J connectivity index is 1.30. The van der Waals surface area contributed by atoms with E-state index >= 15 is 0 Å². The van der Waals surface area contributed by atoms with Crippen molar-refractivity contribution in [3.05, 3.63) is 23.8 Å². The number of nitrogens with one attached hydrogen (secondary N) is 1. The first-order chi connectivity index (χ1) is 13.7. The molecule has 0 spiro atoms. The Bertz CT molecular complexity index is 783. The largest absolute Gasteiger partial charge is 0.454 e. The number of thiocarbonyl (C=S) groups is 1. The summed E-state index contributed by atoms with van der Waals surface area (Å²) in [5, 5.41) is 3.97. The predicted octanol–water partition coefficient (Wildman–Crippen LogP) is 1.50. The molecule has 1 aromatic rings. The maximum absolute atomic E-state index is 13.3. The molecular formula is C20H25N3O4S. The lowest BCUT2D eigenvalue weighted by Gasteiger charge is -2.46. The third kappa shape index (κ3) is 3.33. The van der Waals surface area contributed by atoms with Gasteiger partial charge in [-0.3, -0.25) is 14.6 Å². The fourth-order valence-corrected chi connectivity index (χ4v) is 5.08. The van der Waals surface area contributed by atoms with Gasteiger partial charge in [0.2, 0.25) is 12.7 Å². The van der Waals surface area contributed by atoms with E-state index in [0.717, 1.165) is 62.6 Å². The van der Waals surface area contributed by atoms with Crippen LogP contribution in [-0.2, 0) is 16.1 Å². The van der Waals surface area contributed by atoms with Crippen LogP contribution in [0.15, 0.2) is 18.2 Å². The van der Waals surface area contributed by atoms with Crippen molar-refractivity contribution in [2.24, 2.45) is 5.92 Å². The van der Waals surface area contributed by atoms with E-state index < -0.39 is 0 Å². The third-order valence-electron chi connectivity index (χ3n) is 6.30. The quantitative estimate of drug-likeness (QED) is 0.768. The highest BCUT2D eigenvalue weighted by Gasteiger charge is 2.44. The Kier molecular flexibility index (Phi) is 4.86. The van der Waals surface area contributed by atoms with Gasteiger partial charge < -0.3 is 19.5 Å². The van der Waals surface area contributed by atoms with Crippen LogP contribution < -0.4 is 14.8 Å². The van der Waals surface area contributed by atoms with Crippen molar-refractivity contribution in [1.82, 2.24) is 15.1 Å². The molecule has 4 aliphatic rings. The fraction of sp³-hybridized carbons (Fsp3) is 0.600. The summed E-state index contributed by atoms with van der Waals surface area (Å²) in [6.45, 7) is 4.20. The van der Waals surface area contributed by atoms with E-state index in [2.05, 4.69) is 10.2 Å². The molecule has 0 aromatic heterocycles. The van der Waals surface area contributed by atoms with E-state index in [0.29, 0.717) is 17.7 Å². The van der Waals surface area contributed by atoms with Crippen molar-refractivity contribution in [1.29, 1.82) is 0 Å². The first-order valence-electron chi connectivity index (χ1n) is 10.0. The van der Waals surface area contributed by atoms with Crippen LogP contribution >= 0.6 is 12.2 Å². The number of carbonyl (C=O) groups excluding carboxylic acids is 1. The summed E-state index contributed by atoms with van der Waals surface area (Å²) in [7, 11) is 0. The normalized spacial score (nSPS) is 30.1. The molecule has 28 heavy (non-hydrogen) atoms. The SMILES string of the molecule is O=C1C2CC(N3CCOCC3)CCC2NC(=S)N1Cc1ccc2c(c1)OCO2. The molecule has 2 saturated heterocycles. The molecule has 3 heterocycles. The van der Waals surface area contributed by atoms with E-state index in [1.165, 1.54) is 0 Å². The Labute approximate surface area is 169 Å². The van der Waals surface area contributed by atoms with Crippen LogP contribution in [0.1, 0.15) is 24.8 Å². The van der Waals surface area contributed by atoms with E-state index in [-0.39, 0.29) is 24.7 Å². The van der Waals surface area contributed by atoms with Crippen molar-refractivity contribution in [3.8, 4) is 11.5 Å². The number of amides is 1. The van der Waals surface area contributed by atoms with Gasteiger partial charge in [0.05, 0.1) is 25.7 Å². The van der Waals surface area contributed by atoms with Crippen molar-refractivity contribution < 1.29 is 19.0 Å². The summed E-state index contributed by atoms with van der Waals surface area (Å²) in [5.41, 5.74) is 0.987. The van der Waals surface area contributed by atoms with E-state index in [9.17, 15) is 4.79 Å². The van der Waals surface area contributed by atoms with Gasteiger partial charge in [0.25, 0.3) is 0 Å². The molecule has 3 unspecified atom stereocenters. The molecule has 3 atom stereocenters. The Morgan fingerprint density at radius 1 is 1.14 bits per heavy atom. The lowest BCUT2D eigenvalue weighted by Crippen LogP contribution is -2.62. The van der Waals surface area contributed by atoms with Crippen LogP contribution in [0.2, 0.25) is 0 Å². The number of morpholine rings is 1. The van der Waals surface area contributed by atoms with Crippen molar-refractivity contribution in [2.45, 2.75) is 37.9 Å². The number of fused-ring (bicyclic) bond motifs is 2. The van der Waals surface area contributed by atoms with E-state index in [1.807, 2.05) is 18.2 Å². The second-order valence-electron chi connectivity index (χ2n) is 7.89. The van der Waals surface area contributed by atoms with Gasteiger partial charge in [-0.05, 0) is 49.2 Å². The first-order valence-corrected chi connectivity index (χ1v) is 10.4. The molecule has 0 bridgehead atoms. The highest BCUT2D eigenvalue weighted by atomic mass is 32.1. The minimum atomic E-state index is -0.0256. The van der Waals surface area contributed by atoms with Gasteiger partial charge in [-0.15, -0.1) is 0 Å². The van der Waals surface area contributed by atoms with E-state index in [4.69, 9.17) is 26.4 Å². The molecule has 1 aromatic carbocycles. The molecule has 3 aliphatic heterocycles. The fourth-order valence-electron chi connectivity index (χ4n) is 4.78. The summed E-state index contributed by atoms with van der Waals surface area (Å²) in [6.07, 6.45) is 2.97. The zero-order valence-corrected chi connectivity index (χ0v) is 16.6. The highest BCUT2D eigenvalue weighted by molar-refractivity contribution is 7.80. The zero-order chi connectivity index (χ0) is 19.1. The second-order valence-corrected chi connectivity index (χ2v) is 8.28. The average Bonchev–Trinajstić information content (AvgIpc) is 3.19. The summed E-state index contributed by atoms with van der Waals surface area (Å²) < 4.78 is 16.3. The summed E-state index contributed by atoms with van der Waals surface area (Å²) in [5.74, 6) is 1.59. The minimum absolute atomic E-state index is 0.0256. The monoisotopic (exact) mass is 403 g/mol. The van der Waals surface area contributed by atoms with Gasteiger partial charge in [0.15, 0.2) is 16.6 Å². The molecule has 1 N–H and O–H groups in total. The lowest BCUT2D eigenvalue weighted by atomic mass is 9.79. The molecule has 1 amide bonds. The van der Waals surface area contributed by atoms with Crippen molar-refractivity contribution in [2.75, 3.05) is 33.1 Å². The van der Waals surface area contributed by atoms with Crippen LogP contribution in [0, 0.1) is 5.92 Å². The van der Waals surface area contributed by atoms with Crippen molar-refractivity contribution in [3.63, 3.8) is 0 Å². The molecular weight excluding hydrogens is 378 g/mol. The molecule has 8 heteroatoms. The molecule has 1 saturated carbocycles. The number of ether oxygens (including phenoxy) is 3. The number of carbonyl (C=O) groups is 1. The topological polar surface area (TPSA) is 63.3 Å². The van der Waals surface area contributed by atoms with Crippen LogP contribution in [0.5, 0.6) is 11.5 Å². The number of benzene rings is 1. The van der Waals surface area contributed by atoms with Gasteiger partial charge >= 0.3 is 0 Å². The summed E-state index contributed by atoms with van der Waals surface area (Å²) in [6, 6.07) is 6.40. The maximum atomic E-state index is 13.3. The van der Waals surface area contributed by atoms with Gasteiger partial charge in [0.1, 0.15) is 0 Å². The number of hydrogen-bond acceptors (Lipinski definition) is 6. The van der Waals surface area contributed by atoms with Crippen LogP contribution in [-0.4, -0.2) is 66.0 Å². The smallest absolute Gasteiger partial charge is 0.234 e. The van der Waals surface area contributed by atoms with Gasteiger partial charge in [-0.25, -0.2) is 0 Å². The number of rotatable bonds is 3. The molecule has 3 fully saturated rings. The van der Waals surface area contributed by atoms with Gasteiger partial charge in [-0.1, -0.05) is 6.07 Å². The molecule has 7 nitrogen and oxygen atoms in total. The maximum Gasteiger partial charge on any atom is 0.234 e. The number of hydrogen-bond donors (Lipinski definition) is 1. The Hall–Kier alpha value is -1.90. The Morgan fingerprint density at radius 2 is 1.96 bits per heavy atom.